The zero-order chi connectivity index (χ0) is 24.3. The molecule has 0 aliphatic carbocycles. The average Bonchev–Trinajstić information content (AvgIpc) is 2.83. The highest BCUT2D eigenvalue weighted by atomic mass is 32.2. The maximum absolute atomic E-state index is 13.5. The van der Waals surface area contributed by atoms with Crippen LogP contribution in [0.15, 0.2) is 87.5 Å². The summed E-state index contributed by atoms with van der Waals surface area (Å²) >= 11 is 0. The summed E-state index contributed by atoms with van der Waals surface area (Å²) in [4.78, 5) is 13.0. The van der Waals surface area contributed by atoms with Crippen molar-refractivity contribution in [3.05, 3.63) is 94.5 Å². The Kier molecular flexibility index (Phi) is 6.70. The highest BCUT2D eigenvalue weighted by Gasteiger charge is 2.24. The fraction of sp³-hybridized carbons (Fsp3) is 0.192. The van der Waals surface area contributed by atoms with Crippen LogP contribution in [0, 0.1) is 5.82 Å². The van der Waals surface area contributed by atoms with E-state index in [4.69, 9.17) is 9.47 Å². The smallest absolute Gasteiger partial charge is 0.211 e. The summed E-state index contributed by atoms with van der Waals surface area (Å²) < 4.78 is 53.0. The van der Waals surface area contributed by atoms with Gasteiger partial charge < -0.3 is 14.0 Å². The van der Waals surface area contributed by atoms with Gasteiger partial charge in [-0.1, -0.05) is 12.1 Å². The van der Waals surface area contributed by atoms with E-state index in [1.807, 2.05) is 13.8 Å². The first-order valence-electron chi connectivity index (χ1n) is 10.9. The fourth-order valence-electron chi connectivity index (χ4n) is 3.72. The van der Waals surface area contributed by atoms with Gasteiger partial charge in [0.25, 0.3) is 0 Å². The molecular formula is C26H24FNO5S. The third kappa shape index (κ3) is 4.68. The van der Waals surface area contributed by atoms with E-state index in [1.165, 1.54) is 30.5 Å². The molecule has 1 heterocycles. The first-order valence-corrected chi connectivity index (χ1v) is 12.3. The van der Waals surface area contributed by atoms with E-state index in [0.29, 0.717) is 30.2 Å². The number of pyridine rings is 1. The summed E-state index contributed by atoms with van der Waals surface area (Å²) in [6, 6.07) is 16.9. The highest BCUT2D eigenvalue weighted by molar-refractivity contribution is 7.91. The van der Waals surface area contributed by atoms with Gasteiger partial charge in [-0.05, 0) is 74.0 Å². The van der Waals surface area contributed by atoms with Crippen LogP contribution < -0.4 is 14.9 Å². The van der Waals surface area contributed by atoms with Crippen molar-refractivity contribution in [1.29, 1.82) is 0 Å². The molecule has 34 heavy (non-hydrogen) atoms. The van der Waals surface area contributed by atoms with Gasteiger partial charge in [0.05, 0.1) is 29.0 Å². The van der Waals surface area contributed by atoms with Crippen molar-refractivity contribution < 1.29 is 22.3 Å². The number of ether oxygens (including phenoxy) is 2. The van der Waals surface area contributed by atoms with Crippen molar-refractivity contribution in [1.82, 2.24) is 4.57 Å². The molecule has 4 rings (SSSR count). The number of halogens is 1. The highest BCUT2D eigenvalue weighted by Crippen LogP contribution is 2.26. The zero-order valence-corrected chi connectivity index (χ0v) is 19.6. The lowest BCUT2D eigenvalue weighted by Gasteiger charge is -2.15. The predicted octanol–water partition coefficient (Wildman–Crippen LogP) is 4.82. The molecule has 1 aromatic heterocycles. The van der Waals surface area contributed by atoms with Crippen LogP contribution in [0.4, 0.5) is 4.39 Å². The third-order valence-electron chi connectivity index (χ3n) is 5.33. The molecule has 176 valence electrons. The van der Waals surface area contributed by atoms with Gasteiger partial charge in [0.15, 0.2) is 0 Å². The molecule has 0 N–H and O–H groups in total. The molecule has 0 radical (unpaired) electrons. The van der Waals surface area contributed by atoms with E-state index in [1.54, 1.807) is 47.0 Å². The largest absolute Gasteiger partial charge is 0.494 e. The molecule has 3 aromatic carbocycles. The number of aromatic nitrogens is 1. The second-order valence-electron chi connectivity index (χ2n) is 7.60. The van der Waals surface area contributed by atoms with E-state index in [2.05, 4.69) is 0 Å². The maximum atomic E-state index is 13.5. The lowest BCUT2D eigenvalue weighted by atomic mass is 10.1. The Morgan fingerprint density at radius 2 is 1.47 bits per heavy atom. The number of fused-ring (bicyclic) bond motifs is 1. The van der Waals surface area contributed by atoms with Crippen LogP contribution in [0.2, 0.25) is 0 Å². The molecule has 0 fully saturated rings. The minimum Gasteiger partial charge on any atom is -0.494 e. The van der Waals surface area contributed by atoms with Crippen LogP contribution in [-0.2, 0) is 16.4 Å². The van der Waals surface area contributed by atoms with Gasteiger partial charge in [-0.15, -0.1) is 0 Å². The first kappa shape index (κ1) is 23.5. The molecule has 0 amide bonds. The van der Waals surface area contributed by atoms with Crippen molar-refractivity contribution in [3.63, 3.8) is 0 Å². The van der Waals surface area contributed by atoms with Gasteiger partial charge in [-0.25, -0.2) is 12.8 Å². The molecule has 4 aromatic rings. The minimum atomic E-state index is -4.13. The summed E-state index contributed by atoms with van der Waals surface area (Å²) in [5.74, 6) is 0.639. The Hall–Kier alpha value is -3.65. The van der Waals surface area contributed by atoms with Crippen LogP contribution in [0.25, 0.3) is 10.9 Å². The number of sulfone groups is 1. The normalized spacial score (nSPS) is 11.5. The lowest BCUT2D eigenvalue weighted by Crippen LogP contribution is -2.20. The summed E-state index contributed by atoms with van der Waals surface area (Å²) in [7, 11) is -4.13. The topological polar surface area (TPSA) is 74.6 Å². The van der Waals surface area contributed by atoms with Gasteiger partial charge in [0.1, 0.15) is 22.2 Å². The summed E-state index contributed by atoms with van der Waals surface area (Å²) in [5.41, 5.74) is 0.689. The molecule has 0 aliphatic rings. The van der Waals surface area contributed by atoms with Crippen molar-refractivity contribution >= 4 is 20.7 Å². The molecule has 0 bridgehead atoms. The van der Waals surface area contributed by atoms with E-state index >= 15 is 0 Å². The van der Waals surface area contributed by atoms with Crippen LogP contribution in [0.3, 0.4) is 0 Å². The Morgan fingerprint density at radius 3 is 2.12 bits per heavy atom. The Labute approximate surface area is 197 Å². The molecule has 8 heteroatoms. The first-order chi connectivity index (χ1) is 16.3. The molecule has 0 saturated heterocycles. The quantitative estimate of drug-likeness (QED) is 0.361. The van der Waals surface area contributed by atoms with Gasteiger partial charge in [0, 0.05) is 12.7 Å². The number of hydrogen-bond donors (Lipinski definition) is 0. The third-order valence-corrected chi connectivity index (χ3v) is 7.09. The van der Waals surface area contributed by atoms with Crippen molar-refractivity contribution in [3.8, 4) is 11.5 Å². The summed E-state index contributed by atoms with van der Waals surface area (Å²) in [6.07, 6.45) is 1.35. The Bertz CT molecular complexity index is 1480. The number of nitrogens with zero attached hydrogens (tertiary/aromatic N) is 1. The average molecular weight is 482 g/mol. The molecule has 6 nitrogen and oxygen atoms in total. The molecule has 0 aliphatic heterocycles. The molecule has 0 atom stereocenters. The summed E-state index contributed by atoms with van der Waals surface area (Å²) in [6.45, 7) is 4.76. The molecular weight excluding hydrogens is 457 g/mol. The zero-order valence-electron chi connectivity index (χ0n) is 18.8. The van der Waals surface area contributed by atoms with Gasteiger partial charge in [-0.3, -0.25) is 4.79 Å². The maximum Gasteiger partial charge on any atom is 0.211 e. The number of hydrogen-bond acceptors (Lipinski definition) is 5. The van der Waals surface area contributed by atoms with E-state index in [9.17, 15) is 17.6 Å². The Balaban J connectivity index is 1.90. The van der Waals surface area contributed by atoms with Crippen molar-refractivity contribution in [2.24, 2.45) is 0 Å². The second kappa shape index (κ2) is 9.69. The monoisotopic (exact) mass is 481 g/mol. The van der Waals surface area contributed by atoms with E-state index in [-0.39, 0.29) is 27.5 Å². The Morgan fingerprint density at radius 1 is 0.853 bits per heavy atom. The number of rotatable bonds is 8. The molecule has 0 unspecified atom stereocenters. The predicted molar refractivity (Wildman–Crippen MR) is 128 cm³/mol. The SMILES string of the molecule is CCOc1ccc(S(=O)(=O)c2cn(Cc3ccc(F)cc3)c3ccc(OCC)cc3c2=O)cc1. The van der Waals surface area contributed by atoms with Crippen LogP contribution in [0.1, 0.15) is 19.4 Å². The van der Waals surface area contributed by atoms with Gasteiger partial charge in [-0.2, -0.15) is 0 Å². The summed E-state index contributed by atoms with van der Waals surface area (Å²) in [5, 5.41) is 0.222. The van der Waals surface area contributed by atoms with Crippen LogP contribution >= 0.6 is 0 Å². The molecule has 0 spiro atoms. The standard InChI is InChI=1S/C26H24FNO5S/c1-3-32-20-9-12-22(13-10-20)34(30,31)25-17-28(16-18-5-7-19(27)8-6-18)24-14-11-21(33-4-2)15-23(24)26(25)29/h5-15,17H,3-4,16H2,1-2H3. The van der Waals surface area contributed by atoms with Crippen LogP contribution in [-0.4, -0.2) is 26.2 Å². The van der Waals surface area contributed by atoms with Gasteiger partial charge in [0.2, 0.25) is 15.3 Å². The fourth-order valence-corrected chi connectivity index (χ4v) is 5.09. The molecule has 0 saturated carbocycles. The second-order valence-corrected chi connectivity index (χ2v) is 9.51. The van der Waals surface area contributed by atoms with Crippen molar-refractivity contribution in [2.45, 2.75) is 30.2 Å². The van der Waals surface area contributed by atoms with Gasteiger partial charge >= 0.3 is 0 Å². The lowest BCUT2D eigenvalue weighted by molar-refractivity contribution is 0.340. The van der Waals surface area contributed by atoms with E-state index < -0.39 is 15.3 Å². The van der Waals surface area contributed by atoms with Crippen molar-refractivity contribution in [2.75, 3.05) is 13.2 Å². The minimum absolute atomic E-state index is 0.0123. The number of benzene rings is 3. The van der Waals surface area contributed by atoms with Crippen LogP contribution in [0.5, 0.6) is 11.5 Å². The van der Waals surface area contributed by atoms with E-state index in [0.717, 1.165) is 5.56 Å².